The molecule has 1 aliphatic carbocycles. The summed E-state index contributed by atoms with van der Waals surface area (Å²) in [5.74, 6) is -3.11. The van der Waals surface area contributed by atoms with Gasteiger partial charge in [0.05, 0.1) is 5.41 Å². The lowest BCUT2D eigenvalue weighted by atomic mass is 9.73. The predicted molar refractivity (Wildman–Crippen MR) is 124 cm³/mol. The third-order valence-electron chi connectivity index (χ3n) is 8.52. The van der Waals surface area contributed by atoms with E-state index >= 15 is 0 Å². The second kappa shape index (κ2) is 9.51. The molecule has 34 heavy (non-hydrogen) atoms. The normalized spacial score (nSPS) is 26.6. The zero-order valence-corrected chi connectivity index (χ0v) is 20.5. The van der Waals surface area contributed by atoms with E-state index in [0.29, 0.717) is 25.6 Å². The smallest absolute Gasteiger partial charge is 0.303 e. The van der Waals surface area contributed by atoms with E-state index in [1.165, 1.54) is 12.3 Å². The number of likely N-dealkylation sites (tertiary alicyclic amines) is 1. The molecule has 3 heterocycles. The van der Waals surface area contributed by atoms with E-state index in [1.807, 2.05) is 4.90 Å². The van der Waals surface area contributed by atoms with Crippen molar-refractivity contribution in [1.82, 2.24) is 14.8 Å². The molecule has 0 aromatic carbocycles. The van der Waals surface area contributed by atoms with E-state index in [-0.39, 0.29) is 29.7 Å². The second-order valence-corrected chi connectivity index (χ2v) is 11.0. The van der Waals surface area contributed by atoms with Crippen LogP contribution in [0, 0.1) is 17.3 Å². The molecule has 6 nitrogen and oxygen atoms in total. The van der Waals surface area contributed by atoms with Crippen LogP contribution < -0.4 is 0 Å². The lowest BCUT2D eigenvalue weighted by Gasteiger charge is -2.41. The van der Waals surface area contributed by atoms with Gasteiger partial charge < -0.3 is 14.9 Å². The van der Waals surface area contributed by atoms with Gasteiger partial charge in [0.2, 0.25) is 5.91 Å². The summed E-state index contributed by atoms with van der Waals surface area (Å²) in [5.41, 5.74) is 0.989. The molecule has 188 valence electrons. The van der Waals surface area contributed by atoms with Crippen LogP contribution >= 0.6 is 0 Å². The van der Waals surface area contributed by atoms with Gasteiger partial charge in [0.25, 0.3) is 5.92 Å². The van der Waals surface area contributed by atoms with Crippen LogP contribution in [0.4, 0.5) is 8.78 Å². The SMILES string of the molecule is CC(C)[C@]1(C(=O)N2CCc3ncc(C(C)(F)F)cc3C2)CCC(N2CCC(CC(=O)O)CC2)C1. The molecule has 1 amide bonds. The van der Waals surface area contributed by atoms with E-state index in [1.54, 1.807) is 0 Å². The maximum absolute atomic E-state index is 13.9. The van der Waals surface area contributed by atoms with Gasteiger partial charge >= 0.3 is 5.97 Å². The first-order valence-electron chi connectivity index (χ1n) is 12.6. The third kappa shape index (κ3) is 4.97. The number of nitrogens with zero attached hydrogens (tertiary/aromatic N) is 3. The summed E-state index contributed by atoms with van der Waals surface area (Å²) >= 11 is 0. The molecule has 8 heteroatoms. The summed E-state index contributed by atoms with van der Waals surface area (Å²) in [7, 11) is 0. The van der Waals surface area contributed by atoms with Crippen LogP contribution in [0.25, 0.3) is 0 Å². The Kier molecular flexibility index (Phi) is 7.00. The lowest BCUT2D eigenvalue weighted by Crippen LogP contribution is -2.49. The molecule has 0 spiro atoms. The van der Waals surface area contributed by atoms with Crippen LogP contribution in [0.5, 0.6) is 0 Å². The highest BCUT2D eigenvalue weighted by Gasteiger charge is 2.51. The van der Waals surface area contributed by atoms with Crippen LogP contribution in [0.3, 0.4) is 0 Å². The Balaban J connectivity index is 1.45. The number of pyridine rings is 1. The van der Waals surface area contributed by atoms with Crippen molar-refractivity contribution in [3.63, 3.8) is 0 Å². The van der Waals surface area contributed by atoms with Gasteiger partial charge in [0.1, 0.15) is 0 Å². The quantitative estimate of drug-likeness (QED) is 0.655. The fourth-order valence-electron chi connectivity index (χ4n) is 6.25. The summed E-state index contributed by atoms with van der Waals surface area (Å²) in [6, 6.07) is 1.85. The molecule has 0 bridgehead atoms. The van der Waals surface area contributed by atoms with Crippen molar-refractivity contribution in [2.24, 2.45) is 17.3 Å². The number of amides is 1. The van der Waals surface area contributed by atoms with Crippen LogP contribution in [0.15, 0.2) is 12.3 Å². The van der Waals surface area contributed by atoms with Crippen LogP contribution in [-0.4, -0.2) is 57.4 Å². The van der Waals surface area contributed by atoms with E-state index < -0.39 is 17.3 Å². The zero-order valence-electron chi connectivity index (χ0n) is 20.5. The molecule has 4 rings (SSSR count). The fraction of sp³-hybridized carbons (Fsp3) is 0.731. The highest BCUT2D eigenvalue weighted by atomic mass is 19.3. The lowest BCUT2D eigenvalue weighted by molar-refractivity contribution is -0.146. The maximum atomic E-state index is 13.9. The Morgan fingerprint density at radius 3 is 2.56 bits per heavy atom. The first kappa shape index (κ1) is 25.0. The summed E-state index contributed by atoms with van der Waals surface area (Å²) < 4.78 is 27.7. The number of fused-ring (bicyclic) bond motifs is 1. The molecule has 1 N–H and O–H groups in total. The number of hydrogen-bond donors (Lipinski definition) is 1. The van der Waals surface area contributed by atoms with Crippen LogP contribution in [0.1, 0.15) is 76.1 Å². The molecule has 0 radical (unpaired) electrons. The van der Waals surface area contributed by atoms with Gasteiger partial charge in [-0.2, -0.15) is 0 Å². The molecule has 1 unspecified atom stereocenters. The Morgan fingerprint density at radius 2 is 1.94 bits per heavy atom. The van der Waals surface area contributed by atoms with E-state index in [0.717, 1.165) is 63.4 Å². The number of carbonyl (C=O) groups is 2. The van der Waals surface area contributed by atoms with Crippen LogP contribution in [-0.2, 0) is 28.5 Å². The number of halogens is 2. The van der Waals surface area contributed by atoms with Gasteiger partial charge in [-0.25, -0.2) is 8.78 Å². The van der Waals surface area contributed by atoms with Gasteiger partial charge in [0, 0.05) is 56.4 Å². The average Bonchev–Trinajstić information content (AvgIpc) is 3.24. The van der Waals surface area contributed by atoms with Crippen molar-refractivity contribution in [1.29, 1.82) is 0 Å². The zero-order chi connectivity index (χ0) is 24.7. The molecule has 2 atom stereocenters. The molecule has 1 aromatic rings. The number of rotatable bonds is 6. The Labute approximate surface area is 200 Å². The van der Waals surface area contributed by atoms with Crippen molar-refractivity contribution in [3.8, 4) is 0 Å². The van der Waals surface area contributed by atoms with E-state index in [4.69, 9.17) is 5.11 Å². The minimum atomic E-state index is -2.95. The molecular formula is C26H37F2N3O3. The van der Waals surface area contributed by atoms with Gasteiger partial charge in [-0.05, 0) is 68.7 Å². The van der Waals surface area contributed by atoms with Gasteiger partial charge in [-0.15, -0.1) is 0 Å². The monoisotopic (exact) mass is 477 g/mol. The minimum absolute atomic E-state index is 0.105. The molecule has 2 aliphatic heterocycles. The summed E-state index contributed by atoms with van der Waals surface area (Å²) in [4.78, 5) is 33.6. The molecule has 3 aliphatic rings. The molecule has 1 saturated carbocycles. The molecule has 1 saturated heterocycles. The number of alkyl halides is 2. The predicted octanol–water partition coefficient (Wildman–Crippen LogP) is 4.46. The van der Waals surface area contributed by atoms with Crippen molar-refractivity contribution >= 4 is 11.9 Å². The summed E-state index contributed by atoms with van der Waals surface area (Å²) in [5, 5.41) is 9.08. The van der Waals surface area contributed by atoms with Crippen molar-refractivity contribution < 1.29 is 23.5 Å². The number of aromatic nitrogens is 1. The number of carboxylic acids is 1. The number of piperidine rings is 1. The topological polar surface area (TPSA) is 73.7 Å². The first-order valence-corrected chi connectivity index (χ1v) is 12.6. The van der Waals surface area contributed by atoms with Crippen molar-refractivity contribution in [3.05, 3.63) is 29.1 Å². The Morgan fingerprint density at radius 1 is 1.24 bits per heavy atom. The number of carboxylic acid groups (broad SMARTS) is 1. The number of aliphatic carboxylic acids is 1. The van der Waals surface area contributed by atoms with E-state index in [2.05, 4.69) is 23.7 Å². The molecular weight excluding hydrogens is 440 g/mol. The van der Waals surface area contributed by atoms with Crippen molar-refractivity contribution in [2.45, 2.75) is 84.2 Å². The van der Waals surface area contributed by atoms with Crippen LogP contribution in [0.2, 0.25) is 0 Å². The van der Waals surface area contributed by atoms with Gasteiger partial charge in [-0.1, -0.05) is 13.8 Å². The first-order chi connectivity index (χ1) is 16.0. The number of carbonyl (C=O) groups excluding carboxylic acids is 1. The Hall–Kier alpha value is -2.09. The fourth-order valence-corrected chi connectivity index (χ4v) is 6.25. The molecule has 2 fully saturated rings. The average molecular weight is 478 g/mol. The minimum Gasteiger partial charge on any atom is -0.481 e. The van der Waals surface area contributed by atoms with Gasteiger partial charge in [-0.3, -0.25) is 14.6 Å². The Bertz CT molecular complexity index is 924. The maximum Gasteiger partial charge on any atom is 0.303 e. The van der Waals surface area contributed by atoms with E-state index in [9.17, 15) is 18.4 Å². The standard InChI is InChI=1S/C26H37F2N3O3/c1-17(2)26(8-4-21(14-26)30-9-5-18(6-10-30)12-23(32)33)24(34)31-11-7-22-19(16-31)13-20(15-29-22)25(3,27)28/h13,15,17-18,21H,4-12,14,16H2,1-3H3,(H,32,33)/t21?,26-/m0/s1. The van der Waals surface area contributed by atoms with Crippen molar-refractivity contribution in [2.75, 3.05) is 19.6 Å². The summed E-state index contributed by atoms with van der Waals surface area (Å²) in [6.45, 7) is 7.80. The number of hydrogen-bond acceptors (Lipinski definition) is 4. The summed E-state index contributed by atoms with van der Waals surface area (Å²) in [6.07, 6.45) is 6.48. The highest BCUT2D eigenvalue weighted by molar-refractivity contribution is 5.83. The molecule has 1 aromatic heterocycles. The highest BCUT2D eigenvalue weighted by Crippen LogP contribution is 2.48. The van der Waals surface area contributed by atoms with Gasteiger partial charge in [0.15, 0.2) is 0 Å². The third-order valence-corrected chi connectivity index (χ3v) is 8.52. The second-order valence-electron chi connectivity index (χ2n) is 11.0. The largest absolute Gasteiger partial charge is 0.481 e.